The third-order valence-corrected chi connectivity index (χ3v) is 5.27. The quantitative estimate of drug-likeness (QED) is 0.608. The predicted molar refractivity (Wildman–Crippen MR) is 101 cm³/mol. The number of amides is 1. The van der Waals surface area contributed by atoms with E-state index in [0.29, 0.717) is 37.6 Å². The number of hydrogen-bond acceptors (Lipinski definition) is 6. The molecule has 2 aliphatic heterocycles. The van der Waals surface area contributed by atoms with Gasteiger partial charge in [0.2, 0.25) is 0 Å². The van der Waals surface area contributed by atoms with Crippen LogP contribution in [-0.4, -0.2) is 55.0 Å². The largest absolute Gasteiger partial charge is 0.459 e. The molecule has 0 saturated carbocycles. The fraction of sp³-hybridized carbons (Fsp3) is 0.421. The molecule has 8 nitrogen and oxygen atoms in total. The van der Waals surface area contributed by atoms with Gasteiger partial charge in [-0.3, -0.25) is 14.9 Å². The van der Waals surface area contributed by atoms with Crippen molar-refractivity contribution in [1.82, 2.24) is 4.90 Å². The summed E-state index contributed by atoms with van der Waals surface area (Å²) < 4.78 is 5.19. The highest BCUT2D eigenvalue weighted by molar-refractivity contribution is 5.91. The van der Waals surface area contributed by atoms with Gasteiger partial charge in [0.05, 0.1) is 11.2 Å². The summed E-state index contributed by atoms with van der Waals surface area (Å²) >= 11 is 0. The topological polar surface area (TPSA) is 83.1 Å². The van der Waals surface area contributed by atoms with Crippen molar-refractivity contribution < 1.29 is 14.1 Å². The second-order valence-corrected chi connectivity index (χ2v) is 6.88. The van der Waals surface area contributed by atoms with Gasteiger partial charge in [-0.25, -0.2) is 0 Å². The van der Waals surface area contributed by atoms with Gasteiger partial charge in [-0.05, 0) is 37.1 Å². The number of nitro groups is 1. The van der Waals surface area contributed by atoms with Gasteiger partial charge in [-0.2, -0.15) is 0 Å². The lowest BCUT2D eigenvalue weighted by Gasteiger charge is -2.36. The van der Waals surface area contributed by atoms with Gasteiger partial charge in [-0.15, -0.1) is 0 Å². The molecule has 3 heterocycles. The third-order valence-electron chi connectivity index (χ3n) is 5.27. The Morgan fingerprint density at radius 2 is 1.74 bits per heavy atom. The van der Waals surface area contributed by atoms with Gasteiger partial charge in [0.25, 0.3) is 11.6 Å². The Labute approximate surface area is 157 Å². The average molecular weight is 370 g/mol. The van der Waals surface area contributed by atoms with Crippen LogP contribution in [0.2, 0.25) is 0 Å². The Bertz CT molecular complexity index is 822. The molecule has 2 aliphatic rings. The lowest BCUT2D eigenvalue weighted by Crippen LogP contribution is -2.48. The normalized spacial score (nSPS) is 17.4. The molecule has 0 aliphatic carbocycles. The number of piperazine rings is 1. The van der Waals surface area contributed by atoms with E-state index in [9.17, 15) is 14.9 Å². The number of rotatable bonds is 4. The van der Waals surface area contributed by atoms with Crippen LogP contribution in [0.5, 0.6) is 0 Å². The molecule has 142 valence electrons. The average Bonchev–Trinajstić information content (AvgIpc) is 3.41. The lowest BCUT2D eigenvalue weighted by atomic mass is 10.2. The van der Waals surface area contributed by atoms with Gasteiger partial charge >= 0.3 is 0 Å². The fourth-order valence-electron chi connectivity index (χ4n) is 3.80. The van der Waals surface area contributed by atoms with E-state index >= 15 is 0 Å². The summed E-state index contributed by atoms with van der Waals surface area (Å²) in [5.74, 6) is 0.260. The molecular weight excluding hydrogens is 348 g/mol. The zero-order valence-electron chi connectivity index (χ0n) is 15.0. The van der Waals surface area contributed by atoms with Gasteiger partial charge < -0.3 is 19.1 Å². The van der Waals surface area contributed by atoms with E-state index in [4.69, 9.17) is 4.42 Å². The minimum absolute atomic E-state index is 0.0962. The van der Waals surface area contributed by atoms with Crippen molar-refractivity contribution in [2.75, 3.05) is 49.1 Å². The molecule has 1 aromatic carbocycles. The molecule has 1 aromatic heterocycles. The molecule has 0 atom stereocenters. The molecule has 0 unspecified atom stereocenters. The maximum atomic E-state index is 12.4. The Kier molecular flexibility index (Phi) is 4.70. The molecule has 2 aromatic rings. The number of carbonyl (C=O) groups excluding carboxylic acids is 1. The number of benzene rings is 1. The number of nitro benzene ring substituents is 1. The van der Waals surface area contributed by atoms with Crippen LogP contribution in [0.25, 0.3) is 0 Å². The van der Waals surface area contributed by atoms with Gasteiger partial charge in [0.15, 0.2) is 5.76 Å². The van der Waals surface area contributed by atoms with Crippen LogP contribution < -0.4 is 9.80 Å². The Morgan fingerprint density at radius 3 is 2.37 bits per heavy atom. The molecule has 0 bridgehead atoms. The van der Waals surface area contributed by atoms with Crippen molar-refractivity contribution in [3.05, 3.63) is 52.5 Å². The first-order valence-corrected chi connectivity index (χ1v) is 9.24. The molecule has 2 saturated heterocycles. The fourth-order valence-corrected chi connectivity index (χ4v) is 3.80. The first kappa shape index (κ1) is 17.4. The van der Waals surface area contributed by atoms with Crippen molar-refractivity contribution >= 4 is 23.0 Å². The van der Waals surface area contributed by atoms with Crippen LogP contribution in [-0.2, 0) is 0 Å². The number of anilines is 2. The highest BCUT2D eigenvalue weighted by Crippen LogP contribution is 2.34. The molecule has 2 fully saturated rings. The zero-order chi connectivity index (χ0) is 18.8. The smallest absolute Gasteiger partial charge is 0.292 e. The summed E-state index contributed by atoms with van der Waals surface area (Å²) in [6.07, 6.45) is 3.63. The van der Waals surface area contributed by atoms with Crippen LogP contribution in [0.3, 0.4) is 0 Å². The number of furan rings is 1. The van der Waals surface area contributed by atoms with Crippen molar-refractivity contribution in [3.8, 4) is 0 Å². The van der Waals surface area contributed by atoms with E-state index in [0.717, 1.165) is 31.6 Å². The highest BCUT2D eigenvalue weighted by Gasteiger charge is 2.27. The van der Waals surface area contributed by atoms with E-state index < -0.39 is 0 Å². The molecule has 0 spiro atoms. The summed E-state index contributed by atoms with van der Waals surface area (Å²) in [7, 11) is 0. The van der Waals surface area contributed by atoms with Crippen molar-refractivity contribution in [3.63, 3.8) is 0 Å². The maximum absolute atomic E-state index is 12.4. The third kappa shape index (κ3) is 3.47. The SMILES string of the molecule is O=C(c1ccco1)N1CCN(c2ccc([N+](=O)[O-])c(N3CCCC3)c2)CC1. The van der Waals surface area contributed by atoms with Gasteiger partial charge in [-0.1, -0.05) is 0 Å². The molecule has 0 radical (unpaired) electrons. The number of nitrogens with zero attached hydrogens (tertiary/aromatic N) is 4. The van der Waals surface area contributed by atoms with E-state index in [2.05, 4.69) is 9.80 Å². The van der Waals surface area contributed by atoms with Crippen LogP contribution in [0, 0.1) is 10.1 Å². The molecule has 27 heavy (non-hydrogen) atoms. The number of hydrogen-bond donors (Lipinski definition) is 0. The van der Waals surface area contributed by atoms with Crippen molar-refractivity contribution in [1.29, 1.82) is 0 Å². The minimum Gasteiger partial charge on any atom is -0.459 e. The first-order valence-electron chi connectivity index (χ1n) is 9.24. The van der Waals surface area contributed by atoms with Crippen LogP contribution in [0.1, 0.15) is 23.4 Å². The molecule has 4 rings (SSSR count). The highest BCUT2D eigenvalue weighted by atomic mass is 16.6. The van der Waals surface area contributed by atoms with Gasteiger partial charge in [0, 0.05) is 51.0 Å². The summed E-state index contributed by atoms with van der Waals surface area (Å²) in [6, 6.07) is 8.71. The van der Waals surface area contributed by atoms with E-state index in [-0.39, 0.29) is 16.5 Å². The standard InChI is InChI=1S/C19H22N4O4/c24-19(18-4-3-13-27-18)22-11-9-20(10-12-22)15-5-6-16(23(25)26)17(14-15)21-7-1-2-8-21/h3-6,13-14H,1-2,7-12H2. The summed E-state index contributed by atoms with van der Waals surface area (Å²) in [5, 5.41) is 11.4. The number of carbonyl (C=O) groups is 1. The van der Waals surface area contributed by atoms with Crippen molar-refractivity contribution in [2.24, 2.45) is 0 Å². The first-order chi connectivity index (χ1) is 13.1. The summed E-state index contributed by atoms with van der Waals surface area (Å²) in [5.41, 5.74) is 1.82. The van der Waals surface area contributed by atoms with Crippen LogP contribution >= 0.6 is 0 Å². The molecule has 1 amide bonds. The maximum Gasteiger partial charge on any atom is 0.292 e. The zero-order valence-corrected chi connectivity index (χ0v) is 15.0. The molecular formula is C19H22N4O4. The molecule has 8 heteroatoms. The van der Waals surface area contributed by atoms with Crippen LogP contribution in [0.15, 0.2) is 41.0 Å². The van der Waals surface area contributed by atoms with Crippen molar-refractivity contribution in [2.45, 2.75) is 12.8 Å². The Morgan fingerprint density at radius 1 is 1.00 bits per heavy atom. The second kappa shape index (κ2) is 7.30. The lowest BCUT2D eigenvalue weighted by molar-refractivity contribution is -0.384. The van der Waals surface area contributed by atoms with Crippen LogP contribution in [0.4, 0.5) is 17.1 Å². The molecule has 0 N–H and O–H groups in total. The van der Waals surface area contributed by atoms with E-state index in [1.54, 1.807) is 23.1 Å². The Hall–Kier alpha value is -3.03. The van der Waals surface area contributed by atoms with Gasteiger partial charge in [0.1, 0.15) is 5.69 Å². The predicted octanol–water partition coefficient (Wildman–Crippen LogP) is 2.75. The Balaban J connectivity index is 1.48. The van der Waals surface area contributed by atoms with E-state index in [1.165, 1.54) is 6.26 Å². The second-order valence-electron chi connectivity index (χ2n) is 6.88. The monoisotopic (exact) mass is 370 g/mol. The summed E-state index contributed by atoms with van der Waals surface area (Å²) in [6.45, 7) is 4.27. The van der Waals surface area contributed by atoms with E-state index in [1.807, 2.05) is 12.1 Å². The summed E-state index contributed by atoms with van der Waals surface area (Å²) in [4.78, 5) is 29.5. The minimum atomic E-state index is -0.308.